The summed E-state index contributed by atoms with van der Waals surface area (Å²) >= 11 is 0. The van der Waals surface area contributed by atoms with Crippen molar-refractivity contribution in [2.45, 2.75) is 25.7 Å². The number of nitrogens with zero attached hydrogens (tertiary/aromatic N) is 2. The van der Waals surface area contributed by atoms with Gasteiger partial charge >= 0.3 is 0 Å². The summed E-state index contributed by atoms with van der Waals surface area (Å²) in [5.74, 6) is 1.03. The SMILES string of the molecule is CN=C(NCCCCOCCOC)N1CCC2(CCOC2)C1. The number of hydrogen-bond acceptors (Lipinski definition) is 4. The summed E-state index contributed by atoms with van der Waals surface area (Å²) in [6.45, 7) is 7.10. The molecule has 0 saturated carbocycles. The standard InChI is InChI=1S/C16H31N3O3/c1-17-15(18-7-3-4-9-21-12-11-20-2)19-8-5-16(13-19)6-10-22-14-16/h3-14H2,1-2H3,(H,17,18). The first kappa shape index (κ1) is 17.5. The van der Waals surface area contributed by atoms with Gasteiger partial charge in [-0.15, -0.1) is 0 Å². The van der Waals surface area contributed by atoms with Crippen LogP contribution in [0.3, 0.4) is 0 Å². The Morgan fingerprint density at radius 1 is 1.27 bits per heavy atom. The molecule has 0 radical (unpaired) electrons. The minimum atomic E-state index is 0.382. The normalized spacial score (nSPS) is 25.4. The highest BCUT2D eigenvalue weighted by atomic mass is 16.5. The Morgan fingerprint density at radius 3 is 2.91 bits per heavy atom. The van der Waals surface area contributed by atoms with E-state index in [0.717, 1.165) is 58.3 Å². The van der Waals surface area contributed by atoms with Crippen LogP contribution in [0, 0.1) is 5.41 Å². The van der Waals surface area contributed by atoms with E-state index in [4.69, 9.17) is 14.2 Å². The van der Waals surface area contributed by atoms with Crippen LogP contribution in [0.5, 0.6) is 0 Å². The maximum atomic E-state index is 5.59. The predicted molar refractivity (Wildman–Crippen MR) is 87.3 cm³/mol. The van der Waals surface area contributed by atoms with Gasteiger partial charge in [0, 0.05) is 52.4 Å². The van der Waals surface area contributed by atoms with Crippen molar-refractivity contribution in [1.82, 2.24) is 10.2 Å². The van der Waals surface area contributed by atoms with Crippen molar-refractivity contribution in [3.8, 4) is 0 Å². The molecule has 0 amide bonds. The third-order valence-electron chi connectivity index (χ3n) is 4.56. The summed E-state index contributed by atoms with van der Waals surface area (Å²) < 4.78 is 16.0. The number of likely N-dealkylation sites (tertiary alicyclic amines) is 1. The first-order valence-electron chi connectivity index (χ1n) is 8.40. The fourth-order valence-electron chi connectivity index (χ4n) is 3.19. The summed E-state index contributed by atoms with van der Waals surface area (Å²) in [6, 6.07) is 0. The van der Waals surface area contributed by atoms with E-state index >= 15 is 0 Å². The highest BCUT2D eigenvalue weighted by Gasteiger charge is 2.42. The second-order valence-corrected chi connectivity index (χ2v) is 6.26. The first-order valence-corrected chi connectivity index (χ1v) is 8.40. The molecule has 6 nitrogen and oxygen atoms in total. The van der Waals surface area contributed by atoms with Crippen LogP contribution in [0.15, 0.2) is 4.99 Å². The molecule has 128 valence electrons. The van der Waals surface area contributed by atoms with E-state index in [0.29, 0.717) is 18.6 Å². The zero-order chi connectivity index (χ0) is 15.7. The Kier molecular flexibility index (Phi) is 7.42. The van der Waals surface area contributed by atoms with E-state index in [-0.39, 0.29) is 0 Å². The summed E-state index contributed by atoms with van der Waals surface area (Å²) in [6.07, 6.45) is 4.57. The molecule has 1 spiro atoms. The highest BCUT2D eigenvalue weighted by Crippen LogP contribution is 2.38. The molecule has 2 aliphatic rings. The van der Waals surface area contributed by atoms with Crippen molar-refractivity contribution < 1.29 is 14.2 Å². The summed E-state index contributed by atoms with van der Waals surface area (Å²) in [7, 11) is 3.56. The Bertz CT molecular complexity index is 344. The van der Waals surface area contributed by atoms with Gasteiger partial charge in [0.05, 0.1) is 19.8 Å². The van der Waals surface area contributed by atoms with E-state index in [2.05, 4.69) is 15.2 Å². The number of nitrogens with one attached hydrogen (secondary N) is 1. The van der Waals surface area contributed by atoms with Crippen LogP contribution < -0.4 is 5.32 Å². The maximum absolute atomic E-state index is 5.59. The molecule has 6 heteroatoms. The molecule has 1 unspecified atom stereocenters. The number of guanidine groups is 1. The van der Waals surface area contributed by atoms with Crippen LogP contribution in [0.2, 0.25) is 0 Å². The van der Waals surface area contributed by atoms with Gasteiger partial charge in [-0.2, -0.15) is 0 Å². The third-order valence-corrected chi connectivity index (χ3v) is 4.56. The van der Waals surface area contributed by atoms with E-state index in [1.54, 1.807) is 7.11 Å². The van der Waals surface area contributed by atoms with E-state index in [1.165, 1.54) is 12.8 Å². The van der Waals surface area contributed by atoms with Crippen LogP contribution in [-0.4, -0.2) is 77.7 Å². The van der Waals surface area contributed by atoms with Crippen molar-refractivity contribution in [2.75, 3.05) is 66.8 Å². The van der Waals surface area contributed by atoms with Crippen LogP contribution >= 0.6 is 0 Å². The van der Waals surface area contributed by atoms with Gasteiger partial charge in [0.15, 0.2) is 5.96 Å². The third kappa shape index (κ3) is 5.11. The van der Waals surface area contributed by atoms with Crippen LogP contribution in [-0.2, 0) is 14.2 Å². The molecule has 0 bridgehead atoms. The maximum Gasteiger partial charge on any atom is 0.193 e. The average Bonchev–Trinajstić information content (AvgIpc) is 3.16. The molecular weight excluding hydrogens is 282 g/mol. The number of unbranched alkanes of at least 4 members (excludes halogenated alkanes) is 1. The second kappa shape index (κ2) is 9.33. The largest absolute Gasteiger partial charge is 0.382 e. The van der Waals surface area contributed by atoms with E-state index in [1.807, 2.05) is 7.05 Å². The van der Waals surface area contributed by atoms with Crippen molar-refractivity contribution in [1.29, 1.82) is 0 Å². The van der Waals surface area contributed by atoms with E-state index in [9.17, 15) is 0 Å². The smallest absolute Gasteiger partial charge is 0.193 e. The fraction of sp³-hybridized carbons (Fsp3) is 0.938. The number of methoxy groups -OCH3 is 1. The molecule has 0 aromatic heterocycles. The molecule has 2 heterocycles. The van der Waals surface area contributed by atoms with Crippen LogP contribution in [0.4, 0.5) is 0 Å². The van der Waals surface area contributed by atoms with Gasteiger partial charge < -0.3 is 24.4 Å². The van der Waals surface area contributed by atoms with E-state index < -0.39 is 0 Å². The van der Waals surface area contributed by atoms with Gasteiger partial charge in [-0.25, -0.2) is 0 Å². The molecule has 2 aliphatic heterocycles. The second-order valence-electron chi connectivity index (χ2n) is 6.26. The molecular formula is C16H31N3O3. The Hall–Kier alpha value is -0.850. The molecule has 2 fully saturated rings. The molecule has 0 aromatic rings. The zero-order valence-electron chi connectivity index (χ0n) is 14.1. The van der Waals surface area contributed by atoms with Crippen molar-refractivity contribution in [3.05, 3.63) is 0 Å². The van der Waals surface area contributed by atoms with Gasteiger partial charge in [0.2, 0.25) is 0 Å². The Balaban J connectivity index is 1.58. The first-order chi connectivity index (χ1) is 10.8. The molecule has 22 heavy (non-hydrogen) atoms. The number of ether oxygens (including phenoxy) is 3. The lowest BCUT2D eigenvalue weighted by Crippen LogP contribution is -2.41. The van der Waals surface area contributed by atoms with Crippen molar-refractivity contribution >= 4 is 5.96 Å². The van der Waals surface area contributed by atoms with Gasteiger partial charge in [-0.3, -0.25) is 4.99 Å². The van der Waals surface area contributed by atoms with Gasteiger partial charge in [-0.1, -0.05) is 0 Å². The van der Waals surface area contributed by atoms with Crippen LogP contribution in [0.1, 0.15) is 25.7 Å². The summed E-state index contributed by atoms with van der Waals surface area (Å²) in [5.41, 5.74) is 0.382. The molecule has 0 aromatic carbocycles. The average molecular weight is 313 g/mol. The Labute approximate surface area is 134 Å². The fourth-order valence-corrected chi connectivity index (χ4v) is 3.19. The monoisotopic (exact) mass is 313 g/mol. The summed E-state index contributed by atoms with van der Waals surface area (Å²) in [5, 5.41) is 3.47. The van der Waals surface area contributed by atoms with Gasteiger partial charge in [-0.05, 0) is 25.7 Å². The van der Waals surface area contributed by atoms with Gasteiger partial charge in [0.25, 0.3) is 0 Å². The number of hydrogen-bond donors (Lipinski definition) is 1. The zero-order valence-corrected chi connectivity index (χ0v) is 14.1. The topological polar surface area (TPSA) is 55.3 Å². The lowest BCUT2D eigenvalue weighted by molar-refractivity contribution is 0.0689. The molecule has 2 rings (SSSR count). The molecule has 2 saturated heterocycles. The molecule has 1 N–H and O–H groups in total. The molecule has 1 atom stereocenters. The summed E-state index contributed by atoms with van der Waals surface area (Å²) in [4.78, 5) is 6.80. The minimum Gasteiger partial charge on any atom is -0.382 e. The highest BCUT2D eigenvalue weighted by molar-refractivity contribution is 5.80. The van der Waals surface area contributed by atoms with Crippen molar-refractivity contribution in [3.63, 3.8) is 0 Å². The number of aliphatic imine (C=N–C) groups is 1. The quantitative estimate of drug-likeness (QED) is 0.413. The predicted octanol–water partition coefficient (Wildman–Crippen LogP) is 1.12. The Morgan fingerprint density at radius 2 is 2.18 bits per heavy atom. The molecule has 0 aliphatic carbocycles. The van der Waals surface area contributed by atoms with Gasteiger partial charge in [0.1, 0.15) is 0 Å². The van der Waals surface area contributed by atoms with Crippen molar-refractivity contribution in [2.24, 2.45) is 10.4 Å². The van der Waals surface area contributed by atoms with Crippen LogP contribution in [0.25, 0.3) is 0 Å². The lowest BCUT2D eigenvalue weighted by atomic mass is 9.87. The lowest BCUT2D eigenvalue weighted by Gasteiger charge is -2.24. The minimum absolute atomic E-state index is 0.382. The number of rotatable bonds is 8.